The van der Waals surface area contributed by atoms with Crippen molar-refractivity contribution in [1.29, 1.82) is 0 Å². The van der Waals surface area contributed by atoms with E-state index in [9.17, 15) is 0 Å². The van der Waals surface area contributed by atoms with E-state index in [4.69, 9.17) is 4.43 Å². The fraction of sp³-hybridized carbons (Fsp3) is 0.667. The molecule has 0 radical (unpaired) electrons. The third-order valence-electron chi connectivity index (χ3n) is 5.59. The summed E-state index contributed by atoms with van der Waals surface area (Å²) in [6.45, 7) is 18.3. The van der Waals surface area contributed by atoms with Crippen molar-refractivity contribution in [3.8, 4) is 0 Å². The van der Waals surface area contributed by atoms with Crippen LogP contribution in [0.25, 0.3) is 0 Å². The second-order valence-corrected chi connectivity index (χ2v) is 13.9. The van der Waals surface area contributed by atoms with Crippen LogP contribution in [0.5, 0.6) is 0 Å². The van der Waals surface area contributed by atoms with Crippen molar-refractivity contribution >= 4 is 25.9 Å². The topological polar surface area (TPSA) is 47.0 Å². The van der Waals surface area contributed by atoms with Crippen LogP contribution in [0, 0.1) is 0 Å². The molecule has 0 amide bonds. The van der Waals surface area contributed by atoms with Gasteiger partial charge >= 0.3 is 0 Å². The first-order chi connectivity index (χ1) is 11.0. The number of rotatable bonds is 6. The summed E-state index contributed by atoms with van der Waals surface area (Å²) in [6.07, 6.45) is 6.82. The van der Waals surface area contributed by atoms with E-state index in [1.807, 2.05) is 18.5 Å². The fourth-order valence-electron chi connectivity index (χ4n) is 2.71. The van der Waals surface area contributed by atoms with Gasteiger partial charge in [0.2, 0.25) is 0 Å². The Kier molecular flexibility index (Phi) is 5.52. The van der Waals surface area contributed by atoms with Crippen LogP contribution in [0.4, 0.5) is 5.82 Å². The minimum Gasteiger partial charge on any atom is -0.416 e. The molecule has 2 rings (SSSR count). The summed E-state index contributed by atoms with van der Waals surface area (Å²) in [4.78, 5) is 9.15. The second-order valence-electron chi connectivity index (χ2n) is 8.31. The van der Waals surface area contributed by atoms with Crippen LogP contribution in [0.1, 0.15) is 39.7 Å². The Morgan fingerprint density at radius 1 is 1.46 bits per heavy atom. The van der Waals surface area contributed by atoms with E-state index in [2.05, 4.69) is 62.7 Å². The summed E-state index contributed by atoms with van der Waals surface area (Å²) in [5.41, 5.74) is 1.02. The Hall–Kier alpha value is -0.853. The summed E-state index contributed by atoms with van der Waals surface area (Å²) in [7, 11) is -1.81. The van der Waals surface area contributed by atoms with Crippen molar-refractivity contribution in [2.75, 3.05) is 18.2 Å². The SMILES string of the molecule is C=CC[C@H]1Nc2nc(SC)ncc2[C@@]1(C)CO[Si](C)(C)C(C)(C)C. The quantitative estimate of drug-likeness (QED) is 0.338. The lowest BCUT2D eigenvalue weighted by atomic mass is 9.79. The molecule has 6 heteroatoms. The number of aromatic nitrogens is 2. The minimum absolute atomic E-state index is 0.143. The van der Waals surface area contributed by atoms with Crippen molar-refractivity contribution in [3.05, 3.63) is 24.4 Å². The van der Waals surface area contributed by atoms with Gasteiger partial charge in [0.15, 0.2) is 13.5 Å². The molecule has 0 aliphatic carbocycles. The number of fused-ring (bicyclic) bond motifs is 1. The van der Waals surface area contributed by atoms with Crippen LogP contribution >= 0.6 is 11.8 Å². The van der Waals surface area contributed by atoms with Gasteiger partial charge in [-0.05, 0) is 30.8 Å². The number of nitrogens with one attached hydrogen (secondary N) is 1. The molecule has 24 heavy (non-hydrogen) atoms. The number of nitrogens with zero attached hydrogens (tertiary/aromatic N) is 2. The van der Waals surface area contributed by atoms with Crippen LogP contribution in [-0.2, 0) is 9.84 Å². The first-order valence-corrected chi connectivity index (χ1v) is 12.6. The highest BCUT2D eigenvalue weighted by Crippen LogP contribution is 2.44. The first-order valence-electron chi connectivity index (χ1n) is 8.48. The molecule has 0 aromatic carbocycles. The molecule has 1 aromatic rings. The van der Waals surface area contributed by atoms with Crippen molar-refractivity contribution in [1.82, 2.24) is 9.97 Å². The van der Waals surface area contributed by atoms with Gasteiger partial charge in [-0.15, -0.1) is 6.58 Å². The Balaban J connectivity index is 2.32. The molecule has 2 atom stereocenters. The summed E-state index contributed by atoms with van der Waals surface area (Å²) < 4.78 is 6.57. The van der Waals surface area contributed by atoms with E-state index in [-0.39, 0.29) is 16.5 Å². The molecule has 1 aliphatic rings. The van der Waals surface area contributed by atoms with E-state index < -0.39 is 8.32 Å². The van der Waals surface area contributed by atoms with Gasteiger partial charge in [-0.25, -0.2) is 9.97 Å². The van der Waals surface area contributed by atoms with Gasteiger partial charge < -0.3 is 9.74 Å². The molecule has 0 saturated carbocycles. The van der Waals surface area contributed by atoms with Crippen molar-refractivity contribution in [2.24, 2.45) is 0 Å². The Labute approximate surface area is 152 Å². The maximum atomic E-state index is 6.57. The third kappa shape index (κ3) is 3.55. The van der Waals surface area contributed by atoms with E-state index in [0.29, 0.717) is 6.61 Å². The molecule has 1 N–H and O–H groups in total. The minimum atomic E-state index is -1.81. The molecule has 0 spiro atoms. The normalized spacial score (nSPS) is 23.7. The Bertz CT molecular complexity index is 615. The highest BCUT2D eigenvalue weighted by Gasteiger charge is 2.47. The number of thioether (sulfide) groups is 1. The zero-order chi connectivity index (χ0) is 18.2. The standard InChI is InChI=1S/C18H31N3OSSi/c1-9-10-14-18(5,12-22-24(7,8)17(2,3)4)13-11-19-16(23-6)21-15(13)20-14/h9,11,14H,1,10,12H2,2-8H3,(H,19,20,21)/t14-,18-/m1/s1. The average Bonchev–Trinajstić information content (AvgIpc) is 2.77. The van der Waals surface area contributed by atoms with E-state index in [0.717, 1.165) is 23.0 Å². The van der Waals surface area contributed by atoms with Crippen LogP contribution in [0.3, 0.4) is 0 Å². The van der Waals surface area contributed by atoms with Crippen LogP contribution in [-0.4, -0.2) is 37.2 Å². The van der Waals surface area contributed by atoms with Gasteiger partial charge in [0, 0.05) is 29.8 Å². The largest absolute Gasteiger partial charge is 0.416 e. The number of hydrogen-bond donors (Lipinski definition) is 1. The summed E-state index contributed by atoms with van der Waals surface area (Å²) in [5, 5.41) is 4.57. The Morgan fingerprint density at radius 3 is 2.67 bits per heavy atom. The molecule has 0 fully saturated rings. The van der Waals surface area contributed by atoms with Crippen molar-refractivity contribution in [2.45, 2.75) is 68.9 Å². The molecule has 1 aliphatic heterocycles. The highest BCUT2D eigenvalue weighted by atomic mass is 32.2. The third-order valence-corrected chi connectivity index (χ3v) is 10.6. The zero-order valence-corrected chi connectivity index (χ0v) is 17.9. The lowest BCUT2D eigenvalue weighted by molar-refractivity contribution is 0.197. The van der Waals surface area contributed by atoms with Crippen LogP contribution in [0.2, 0.25) is 18.1 Å². The summed E-state index contributed by atoms with van der Waals surface area (Å²) in [5.74, 6) is 0.947. The lowest BCUT2D eigenvalue weighted by Gasteiger charge is -2.40. The van der Waals surface area contributed by atoms with Gasteiger partial charge in [-0.2, -0.15) is 0 Å². The smallest absolute Gasteiger partial charge is 0.192 e. The van der Waals surface area contributed by atoms with Gasteiger partial charge in [0.1, 0.15) is 5.82 Å². The molecule has 4 nitrogen and oxygen atoms in total. The molecule has 134 valence electrons. The Morgan fingerprint density at radius 2 is 2.12 bits per heavy atom. The fourth-order valence-corrected chi connectivity index (χ4v) is 4.15. The molecule has 1 aromatic heterocycles. The van der Waals surface area contributed by atoms with Gasteiger partial charge in [-0.3, -0.25) is 0 Å². The predicted molar refractivity (Wildman–Crippen MR) is 107 cm³/mol. The maximum Gasteiger partial charge on any atom is 0.192 e. The van der Waals surface area contributed by atoms with Crippen LogP contribution < -0.4 is 5.32 Å². The second kappa shape index (κ2) is 6.81. The highest BCUT2D eigenvalue weighted by molar-refractivity contribution is 7.98. The van der Waals surface area contributed by atoms with Gasteiger partial charge in [-0.1, -0.05) is 45.5 Å². The molecular formula is C18H31N3OSSi. The zero-order valence-electron chi connectivity index (χ0n) is 16.1. The van der Waals surface area contributed by atoms with Gasteiger partial charge in [0.05, 0.1) is 0 Å². The van der Waals surface area contributed by atoms with E-state index >= 15 is 0 Å². The van der Waals surface area contributed by atoms with Gasteiger partial charge in [0.25, 0.3) is 0 Å². The predicted octanol–water partition coefficient (Wildman–Crippen LogP) is 4.85. The number of anilines is 1. The first kappa shape index (κ1) is 19.5. The molecule has 0 unspecified atom stereocenters. The van der Waals surface area contributed by atoms with E-state index in [1.165, 1.54) is 0 Å². The van der Waals surface area contributed by atoms with Crippen molar-refractivity contribution in [3.63, 3.8) is 0 Å². The molecule has 0 bridgehead atoms. The van der Waals surface area contributed by atoms with E-state index in [1.54, 1.807) is 11.8 Å². The lowest BCUT2D eigenvalue weighted by Crippen LogP contribution is -2.47. The summed E-state index contributed by atoms with van der Waals surface area (Å²) in [6, 6.07) is 0.237. The van der Waals surface area contributed by atoms with Crippen LogP contribution in [0.15, 0.2) is 24.0 Å². The molecule has 0 saturated heterocycles. The monoisotopic (exact) mass is 365 g/mol. The van der Waals surface area contributed by atoms with Crippen molar-refractivity contribution < 1.29 is 4.43 Å². The molecule has 2 heterocycles. The summed E-state index contributed by atoms with van der Waals surface area (Å²) >= 11 is 1.56. The molecular weight excluding hydrogens is 334 g/mol. The average molecular weight is 366 g/mol. The maximum absolute atomic E-state index is 6.57. The number of hydrogen-bond acceptors (Lipinski definition) is 5.